The Bertz CT molecular complexity index is 1800. The van der Waals surface area contributed by atoms with Gasteiger partial charge in [0.2, 0.25) is 0 Å². The van der Waals surface area contributed by atoms with Gasteiger partial charge in [0.1, 0.15) is 16.9 Å². The van der Waals surface area contributed by atoms with Gasteiger partial charge in [-0.2, -0.15) is 0 Å². The van der Waals surface area contributed by atoms with Gasteiger partial charge in [0, 0.05) is 54.7 Å². The second-order valence-electron chi connectivity index (χ2n) is 12.6. The van der Waals surface area contributed by atoms with E-state index in [-0.39, 0.29) is 11.5 Å². The maximum atomic E-state index is 12.5. The highest BCUT2D eigenvalue weighted by Gasteiger charge is 2.50. The summed E-state index contributed by atoms with van der Waals surface area (Å²) in [5.41, 5.74) is 12.3. The zero-order chi connectivity index (χ0) is 29.8. The van der Waals surface area contributed by atoms with Gasteiger partial charge < -0.3 is 20.3 Å². The number of carbonyl (C=O) groups excluding carboxylic acids is 1. The summed E-state index contributed by atoms with van der Waals surface area (Å²) in [5.74, 6) is 1.12. The van der Waals surface area contributed by atoms with E-state index in [1.165, 1.54) is 0 Å². The number of ether oxygens (including phenoxy) is 1. The molecule has 43 heavy (non-hydrogen) atoms. The SMILES string of the molecule is CC(C)(C)OC(=O)N1CC2(CCN(c3ccc(-n4c(-c5cccnc5N)nc5ccc(-c6ccccc6)nc54)cc3)C2)C1. The Hall–Kier alpha value is -4.92. The number of anilines is 2. The maximum absolute atomic E-state index is 12.5. The quantitative estimate of drug-likeness (QED) is 0.274. The van der Waals surface area contributed by atoms with Gasteiger partial charge in [0.15, 0.2) is 11.5 Å². The minimum absolute atomic E-state index is 0.124. The molecule has 2 N–H and O–H groups in total. The van der Waals surface area contributed by atoms with Crippen LogP contribution in [0.25, 0.3) is 39.5 Å². The van der Waals surface area contributed by atoms with Crippen molar-refractivity contribution in [2.24, 2.45) is 5.41 Å². The Morgan fingerprint density at radius 2 is 1.63 bits per heavy atom. The zero-order valence-corrected chi connectivity index (χ0v) is 24.7. The van der Waals surface area contributed by atoms with Gasteiger partial charge in [-0.1, -0.05) is 30.3 Å². The lowest BCUT2D eigenvalue weighted by molar-refractivity contribution is -0.0266. The zero-order valence-electron chi connectivity index (χ0n) is 24.7. The second kappa shape index (κ2) is 10.1. The largest absolute Gasteiger partial charge is 0.444 e. The first-order valence-corrected chi connectivity index (χ1v) is 14.7. The molecule has 2 fully saturated rings. The van der Waals surface area contributed by atoms with Crippen LogP contribution in [0.2, 0.25) is 0 Å². The minimum Gasteiger partial charge on any atom is -0.444 e. The molecule has 0 atom stereocenters. The van der Waals surface area contributed by atoms with Gasteiger partial charge >= 0.3 is 6.09 Å². The number of rotatable bonds is 4. The summed E-state index contributed by atoms with van der Waals surface area (Å²) in [7, 11) is 0. The minimum atomic E-state index is -0.481. The third kappa shape index (κ3) is 5.05. The molecule has 9 heteroatoms. The monoisotopic (exact) mass is 573 g/mol. The highest BCUT2D eigenvalue weighted by atomic mass is 16.6. The Labute approximate surface area is 250 Å². The molecule has 5 aromatic rings. The number of likely N-dealkylation sites (tertiary alicyclic amines) is 1. The van der Waals surface area contributed by atoms with Gasteiger partial charge in [-0.05, 0) is 75.7 Å². The molecular formula is C34H35N7O2. The van der Waals surface area contributed by atoms with Gasteiger partial charge in [-0.15, -0.1) is 0 Å². The topological polar surface area (TPSA) is 102 Å². The van der Waals surface area contributed by atoms with E-state index in [2.05, 4.69) is 50.8 Å². The van der Waals surface area contributed by atoms with Crippen LogP contribution in [0, 0.1) is 5.41 Å². The fourth-order valence-electron chi connectivity index (χ4n) is 6.20. The number of pyridine rings is 2. The van der Waals surface area contributed by atoms with Crippen LogP contribution in [0.1, 0.15) is 27.2 Å². The lowest BCUT2D eigenvalue weighted by Crippen LogP contribution is -2.60. The number of hydrogen-bond acceptors (Lipinski definition) is 7. The molecule has 2 aliphatic rings. The van der Waals surface area contributed by atoms with Crippen LogP contribution in [0.5, 0.6) is 0 Å². The highest BCUT2D eigenvalue weighted by molar-refractivity contribution is 5.84. The first kappa shape index (κ1) is 26.9. The summed E-state index contributed by atoms with van der Waals surface area (Å²) in [6, 6.07) is 26.5. The number of amides is 1. The molecule has 0 saturated carbocycles. The van der Waals surface area contributed by atoms with Crippen molar-refractivity contribution in [1.29, 1.82) is 0 Å². The fourth-order valence-corrected chi connectivity index (χ4v) is 6.20. The number of imidazole rings is 1. The standard InChI is InChI=1S/C34H35N7O2/c1-33(2,3)43-32(42)40-21-34(22-40)17-19-39(20-34)24-11-13-25(14-12-24)41-30(26-10-7-18-36-29(26)35)38-28-16-15-27(37-31(28)41)23-8-5-4-6-9-23/h4-16,18H,17,19-22H2,1-3H3,(H2,35,36). The van der Waals surface area contributed by atoms with E-state index in [4.69, 9.17) is 20.4 Å². The van der Waals surface area contributed by atoms with Crippen LogP contribution < -0.4 is 10.6 Å². The van der Waals surface area contributed by atoms with Crippen molar-refractivity contribution in [2.45, 2.75) is 32.8 Å². The summed E-state index contributed by atoms with van der Waals surface area (Å²) in [5, 5.41) is 0. The average molecular weight is 574 g/mol. The Balaban J connectivity index is 1.19. The van der Waals surface area contributed by atoms with E-state index in [1.807, 2.05) is 68.1 Å². The molecule has 2 saturated heterocycles. The van der Waals surface area contributed by atoms with Crippen molar-refractivity contribution in [1.82, 2.24) is 24.4 Å². The summed E-state index contributed by atoms with van der Waals surface area (Å²) >= 11 is 0. The van der Waals surface area contributed by atoms with E-state index in [9.17, 15) is 4.79 Å². The number of benzene rings is 2. The third-order valence-corrected chi connectivity index (χ3v) is 8.27. The number of hydrogen-bond donors (Lipinski definition) is 1. The first-order chi connectivity index (χ1) is 20.7. The lowest BCUT2D eigenvalue weighted by atomic mass is 9.79. The average Bonchev–Trinajstić information content (AvgIpc) is 3.59. The molecule has 0 unspecified atom stereocenters. The van der Waals surface area contributed by atoms with Crippen LogP contribution in [0.3, 0.4) is 0 Å². The molecule has 218 valence electrons. The molecule has 0 bridgehead atoms. The van der Waals surface area contributed by atoms with Crippen molar-refractivity contribution in [3.05, 3.63) is 85.1 Å². The van der Waals surface area contributed by atoms with Gasteiger partial charge in [-0.3, -0.25) is 4.57 Å². The van der Waals surface area contributed by atoms with E-state index in [1.54, 1.807) is 6.20 Å². The number of fused-ring (bicyclic) bond motifs is 1. The normalized spacial score (nSPS) is 16.1. The van der Waals surface area contributed by atoms with Crippen LogP contribution in [0.15, 0.2) is 85.1 Å². The van der Waals surface area contributed by atoms with Crippen LogP contribution in [-0.4, -0.2) is 62.3 Å². The molecule has 0 aliphatic carbocycles. The van der Waals surface area contributed by atoms with Crippen molar-refractivity contribution in [3.63, 3.8) is 0 Å². The number of nitrogens with zero attached hydrogens (tertiary/aromatic N) is 6. The smallest absolute Gasteiger partial charge is 0.410 e. The molecule has 5 heterocycles. The lowest BCUT2D eigenvalue weighted by Gasteiger charge is -2.47. The fraction of sp³-hybridized carbons (Fsp3) is 0.294. The first-order valence-electron chi connectivity index (χ1n) is 14.7. The van der Waals surface area contributed by atoms with Gasteiger partial charge in [-0.25, -0.2) is 19.7 Å². The molecule has 9 nitrogen and oxygen atoms in total. The summed E-state index contributed by atoms with van der Waals surface area (Å²) in [6.45, 7) is 9.06. The predicted octanol–water partition coefficient (Wildman–Crippen LogP) is 6.18. The molecular weight excluding hydrogens is 538 g/mol. The molecule has 1 spiro atoms. The third-order valence-electron chi connectivity index (χ3n) is 8.27. The summed E-state index contributed by atoms with van der Waals surface area (Å²) in [4.78, 5) is 31.1. The van der Waals surface area contributed by atoms with Gasteiger partial charge in [0.25, 0.3) is 0 Å². The number of nitrogen functional groups attached to an aromatic ring is 1. The molecule has 2 aliphatic heterocycles. The molecule has 0 radical (unpaired) electrons. The van der Waals surface area contributed by atoms with E-state index in [0.717, 1.165) is 72.0 Å². The van der Waals surface area contributed by atoms with E-state index in [0.29, 0.717) is 11.6 Å². The maximum Gasteiger partial charge on any atom is 0.410 e. The molecule has 7 rings (SSSR count). The van der Waals surface area contributed by atoms with Crippen molar-refractivity contribution < 1.29 is 9.53 Å². The van der Waals surface area contributed by atoms with Gasteiger partial charge in [0.05, 0.1) is 11.3 Å². The number of nitrogens with two attached hydrogens (primary N) is 1. The van der Waals surface area contributed by atoms with Crippen LogP contribution in [-0.2, 0) is 4.74 Å². The van der Waals surface area contributed by atoms with E-state index < -0.39 is 5.60 Å². The second-order valence-corrected chi connectivity index (χ2v) is 12.6. The van der Waals surface area contributed by atoms with Crippen LogP contribution in [0.4, 0.5) is 16.3 Å². The van der Waals surface area contributed by atoms with Crippen molar-refractivity contribution >= 4 is 28.8 Å². The highest BCUT2D eigenvalue weighted by Crippen LogP contribution is 2.42. The Morgan fingerprint density at radius 1 is 0.884 bits per heavy atom. The van der Waals surface area contributed by atoms with Crippen LogP contribution >= 0.6 is 0 Å². The number of carbonyl (C=O) groups is 1. The summed E-state index contributed by atoms with van der Waals surface area (Å²) < 4.78 is 7.63. The number of aromatic nitrogens is 4. The van der Waals surface area contributed by atoms with Crippen molar-refractivity contribution in [3.8, 4) is 28.3 Å². The van der Waals surface area contributed by atoms with E-state index >= 15 is 0 Å². The van der Waals surface area contributed by atoms with Crippen molar-refractivity contribution in [2.75, 3.05) is 36.8 Å². The predicted molar refractivity (Wildman–Crippen MR) is 169 cm³/mol. The molecule has 3 aromatic heterocycles. The Kier molecular flexibility index (Phi) is 6.34. The molecule has 2 aromatic carbocycles. The molecule has 1 amide bonds. The summed E-state index contributed by atoms with van der Waals surface area (Å²) in [6.07, 6.45) is 2.52. The Morgan fingerprint density at radius 3 is 2.35 bits per heavy atom.